The first-order valence-electron chi connectivity index (χ1n) is 8.51. The third kappa shape index (κ3) is 2.34. The molecule has 1 atom stereocenters. The Bertz CT molecular complexity index is 687. The van der Waals surface area contributed by atoms with Gasteiger partial charge in [-0.3, -0.25) is 4.79 Å². The van der Waals surface area contributed by atoms with E-state index in [0.717, 1.165) is 5.56 Å². The maximum absolute atomic E-state index is 11.6. The molecule has 1 unspecified atom stereocenters. The maximum atomic E-state index is 11.6. The Hall–Kier alpha value is -1.85. The first kappa shape index (κ1) is 15.7. The van der Waals surface area contributed by atoms with Crippen molar-refractivity contribution in [3.63, 3.8) is 0 Å². The summed E-state index contributed by atoms with van der Waals surface area (Å²) < 4.78 is 12.8. The average Bonchev–Trinajstić information content (AvgIpc) is 2.97. The predicted octanol–water partition coefficient (Wildman–Crippen LogP) is 3.13. The molecule has 5 heteroatoms. The second kappa shape index (κ2) is 5.07. The van der Waals surface area contributed by atoms with E-state index < -0.39 is 16.9 Å². The van der Waals surface area contributed by atoms with Gasteiger partial charge < -0.3 is 19.9 Å². The van der Waals surface area contributed by atoms with Crippen molar-refractivity contribution in [3.8, 4) is 0 Å². The summed E-state index contributed by atoms with van der Waals surface area (Å²) in [5.41, 5.74) is 0.0451. The summed E-state index contributed by atoms with van der Waals surface area (Å²) in [7, 11) is 0. The molecule has 4 rings (SSSR count). The Kier molecular flexibility index (Phi) is 3.31. The van der Waals surface area contributed by atoms with Crippen LogP contribution in [-0.2, 0) is 14.3 Å². The largest absolute Gasteiger partial charge is 0.510 e. The van der Waals surface area contributed by atoms with Crippen LogP contribution in [0, 0.1) is 0 Å². The highest BCUT2D eigenvalue weighted by molar-refractivity contribution is 5.92. The maximum Gasteiger partial charge on any atom is 0.248 e. The zero-order valence-electron chi connectivity index (χ0n) is 14.0. The highest BCUT2D eigenvalue weighted by Crippen LogP contribution is 2.53. The molecule has 3 aliphatic rings. The van der Waals surface area contributed by atoms with Crippen molar-refractivity contribution in [2.45, 2.75) is 62.6 Å². The summed E-state index contributed by atoms with van der Waals surface area (Å²) in [4.78, 5) is 11.6. The topological polar surface area (TPSA) is 67.8 Å². The number of carbonyl (C=O) groups excluding carboxylic acids is 1. The number of aliphatic hydroxyl groups excluding tert-OH is 1. The molecule has 2 heterocycles. The zero-order chi connectivity index (χ0) is 17.0. The van der Waals surface area contributed by atoms with Gasteiger partial charge in [0.1, 0.15) is 11.9 Å². The van der Waals surface area contributed by atoms with Gasteiger partial charge in [-0.25, -0.2) is 0 Å². The van der Waals surface area contributed by atoms with Crippen molar-refractivity contribution >= 4 is 5.91 Å². The van der Waals surface area contributed by atoms with Gasteiger partial charge in [0.25, 0.3) is 0 Å². The molecule has 1 saturated heterocycles. The molecule has 1 aromatic carbocycles. The van der Waals surface area contributed by atoms with Crippen LogP contribution in [0.2, 0.25) is 0 Å². The van der Waals surface area contributed by atoms with Crippen LogP contribution < -0.4 is 5.32 Å². The number of hydrogen-bond donors (Lipinski definition) is 2. The van der Waals surface area contributed by atoms with Gasteiger partial charge in [-0.15, -0.1) is 0 Å². The molecule has 1 aliphatic carbocycles. The lowest BCUT2D eigenvalue weighted by Gasteiger charge is -2.42. The zero-order valence-corrected chi connectivity index (χ0v) is 14.0. The van der Waals surface area contributed by atoms with Crippen molar-refractivity contribution in [3.05, 3.63) is 47.7 Å². The molecule has 2 aliphatic heterocycles. The van der Waals surface area contributed by atoms with Crippen LogP contribution in [0.1, 0.15) is 51.2 Å². The predicted molar refractivity (Wildman–Crippen MR) is 88.2 cm³/mol. The smallest absolute Gasteiger partial charge is 0.248 e. The minimum atomic E-state index is -0.650. The third-order valence-corrected chi connectivity index (χ3v) is 5.50. The van der Waals surface area contributed by atoms with E-state index in [1.54, 1.807) is 0 Å². The standard InChI is InChI=1S/C19H23NO4/c1-17(2)16(13-6-4-3-5-7-13)23-19(24-17)10-8-18(9-11-19)14(21)12-15(22)20-18/h3-7,12,16,21H,8-11H2,1-2H3,(H,20,22). The summed E-state index contributed by atoms with van der Waals surface area (Å²) in [6.45, 7) is 4.11. The molecule has 1 amide bonds. The second-order valence-electron chi connectivity index (χ2n) is 7.63. The number of aliphatic hydroxyl groups is 1. The highest BCUT2D eigenvalue weighted by atomic mass is 16.8. The number of nitrogens with one attached hydrogen (secondary N) is 1. The summed E-state index contributed by atoms with van der Waals surface area (Å²) >= 11 is 0. The van der Waals surface area contributed by atoms with E-state index in [-0.39, 0.29) is 17.8 Å². The number of amides is 1. The van der Waals surface area contributed by atoms with Gasteiger partial charge in [0.2, 0.25) is 5.91 Å². The van der Waals surface area contributed by atoms with Crippen LogP contribution in [0.15, 0.2) is 42.2 Å². The van der Waals surface area contributed by atoms with E-state index in [2.05, 4.69) is 31.3 Å². The quantitative estimate of drug-likeness (QED) is 0.830. The second-order valence-corrected chi connectivity index (χ2v) is 7.63. The molecule has 128 valence electrons. The summed E-state index contributed by atoms with van der Waals surface area (Å²) in [5.74, 6) is -0.735. The Morgan fingerprint density at radius 2 is 1.79 bits per heavy atom. The van der Waals surface area contributed by atoms with Crippen LogP contribution in [0.4, 0.5) is 0 Å². The molecule has 1 saturated carbocycles. The fourth-order valence-corrected chi connectivity index (χ4v) is 4.27. The van der Waals surface area contributed by atoms with E-state index in [9.17, 15) is 9.90 Å². The van der Waals surface area contributed by atoms with E-state index in [0.29, 0.717) is 25.7 Å². The van der Waals surface area contributed by atoms with Crippen molar-refractivity contribution in [2.24, 2.45) is 0 Å². The molecule has 5 nitrogen and oxygen atoms in total. The number of benzene rings is 1. The van der Waals surface area contributed by atoms with Gasteiger partial charge in [0.15, 0.2) is 5.79 Å². The SMILES string of the molecule is CC1(C)OC2(CCC3(CC2)NC(=O)C=C3O)OC1c1ccccc1. The fourth-order valence-electron chi connectivity index (χ4n) is 4.27. The van der Waals surface area contributed by atoms with E-state index in [1.165, 1.54) is 6.08 Å². The van der Waals surface area contributed by atoms with Crippen LogP contribution in [0.3, 0.4) is 0 Å². The third-order valence-electron chi connectivity index (χ3n) is 5.50. The molecular weight excluding hydrogens is 306 g/mol. The van der Waals surface area contributed by atoms with E-state index >= 15 is 0 Å². The van der Waals surface area contributed by atoms with Crippen molar-refractivity contribution in [1.82, 2.24) is 5.32 Å². The van der Waals surface area contributed by atoms with Crippen LogP contribution in [-0.4, -0.2) is 27.9 Å². The number of ether oxygens (including phenoxy) is 2. The summed E-state index contributed by atoms with van der Waals surface area (Å²) in [6, 6.07) is 10.1. The molecule has 0 aromatic heterocycles. The lowest BCUT2D eigenvalue weighted by Crippen LogP contribution is -2.52. The van der Waals surface area contributed by atoms with Gasteiger partial charge in [0.05, 0.1) is 11.1 Å². The Labute approximate surface area is 141 Å². The monoisotopic (exact) mass is 329 g/mol. The molecule has 2 N–H and O–H groups in total. The first-order chi connectivity index (χ1) is 11.3. The van der Waals surface area contributed by atoms with E-state index in [1.807, 2.05) is 18.2 Å². The van der Waals surface area contributed by atoms with Crippen LogP contribution in [0.5, 0.6) is 0 Å². The summed E-state index contributed by atoms with van der Waals surface area (Å²) in [6.07, 6.45) is 3.65. The van der Waals surface area contributed by atoms with Crippen LogP contribution in [0.25, 0.3) is 0 Å². The summed E-state index contributed by atoms with van der Waals surface area (Å²) in [5, 5.41) is 13.0. The number of hydrogen-bond acceptors (Lipinski definition) is 4. The molecule has 1 aromatic rings. The molecule has 0 bridgehead atoms. The Morgan fingerprint density at radius 3 is 2.38 bits per heavy atom. The van der Waals surface area contributed by atoms with Gasteiger partial charge in [-0.1, -0.05) is 30.3 Å². The fraction of sp³-hybridized carbons (Fsp3) is 0.526. The molecular formula is C19H23NO4. The first-order valence-corrected chi connectivity index (χ1v) is 8.51. The van der Waals surface area contributed by atoms with Crippen molar-refractivity contribution in [1.29, 1.82) is 0 Å². The number of carbonyl (C=O) groups is 1. The van der Waals surface area contributed by atoms with Crippen molar-refractivity contribution in [2.75, 3.05) is 0 Å². The van der Waals surface area contributed by atoms with Gasteiger partial charge in [0, 0.05) is 18.9 Å². The van der Waals surface area contributed by atoms with Gasteiger partial charge in [-0.2, -0.15) is 0 Å². The Balaban J connectivity index is 1.54. The lowest BCUT2D eigenvalue weighted by atomic mass is 9.78. The molecule has 2 spiro atoms. The minimum absolute atomic E-state index is 0.130. The van der Waals surface area contributed by atoms with Gasteiger partial charge >= 0.3 is 0 Å². The molecule has 24 heavy (non-hydrogen) atoms. The average molecular weight is 329 g/mol. The lowest BCUT2D eigenvalue weighted by molar-refractivity contribution is -0.210. The Morgan fingerprint density at radius 1 is 1.12 bits per heavy atom. The molecule has 2 fully saturated rings. The van der Waals surface area contributed by atoms with Crippen molar-refractivity contribution < 1.29 is 19.4 Å². The van der Waals surface area contributed by atoms with Crippen LogP contribution >= 0.6 is 0 Å². The normalized spacial score (nSPS) is 37.7. The minimum Gasteiger partial charge on any atom is -0.510 e. The van der Waals surface area contributed by atoms with Gasteiger partial charge in [-0.05, 0) is 32.3 Å². The number of rotatable bonds is 1. The molecule has 0 radical (unpaired) electrons. The van der Waals surface area contributed by atoms with E-state index in [4.69, 9.17) is 9.47 Å². The highest BCUT2D eigenvalue weighted by Gasteiger charge is 2.57.